The van der Waals surface area contributed by atoms with Gasteiger partial charge in [0.05, 0.1) is 21.9 Å². The Kier molecular flexibility index (Phi) is 8.96. The Labute approximate surface area is 246 Å². The number of rotatable bonds is 7. The van der Waals surface area contributed by atoms with E-state index in [0.29, 0.717) is 32.0 Å². The van der Waals surface area contributed by atoms with Crippen molar-refractivity contribution in [3.05, 3.63) is 44.7 Å². The maximum atomic E-state index is 12.5. The van der Waals surface area contributed by atoms with E-state index in [1.807, 2.05) is 46.2 Å². The van der Waals surface area contributed by atoms with Gasteiger partial charge >= 0.3 is 6.09 Å². The fourth-order valence-electron chi connectivity index (χ4n) is 4.90. The van der Waals surface area contributed by atoms with Crippen LogP contribution in [0.15, 0.2) is 27.7 Å². The minimum absolute atomic E-state index is 0.0197. The van der Waals surface area contributed by atoms with Crippen LogP contribution in [0, 0.1) is 6.92 Å². The molecule has 3 aromatic heterocycles. The SMILES string of the molecule is Cc1cc(-c2c(Br)c3nc(C4CCN(C(=O)OC(C)(C)C)CC4)ncc3n2COCC[Si](C)(C)C)cn(C)c1=O. The molecule has 1 fully saturated rings. The number of amides is 1. The summed E-state index contributed by atoms with van der Waals surface area (Å²) in [4.78, 5) is 36.5. The predicted octanol–water partition coefficient (Wildman–Crippen LogP) is 6.29. The molecule has 218 valence electrons. The number of pyridine rings is 1. The number of nitrogens with zero attached hydrogens (tertiary/aromatic N) is 5. The van der Waals surface area contributed by atoms with Crippen LogP contribution in [0.4, 0.5) is 4.79 Å². The standard InChI is InChI=1S/C29H42BrN5O4Si/c1-19-15-21(17-33(5)27(19)36)25-23(30)24-22(35(25)18-38-13-14-40(6,7)8)16-31-26(32-24)20-9-11-34(12-10-20)28(37)39-29(2,3)4/h15-17,20H,9-14,18H2,1-8H3. The van der Waals surface area contributed by atoms with Crippen molar-refractivity contribution in [3.8, 4) is 11.3 Å². The molecule has 4 heterocycles. The van der Waals surface area contributed by atoms with Crippen molar-refractivity contribution < 1.29 is 14.3 Å². The van der Waals surface area contributed by atoms with Crippen LogP contribution in [-0.2, 0) is 23.3 Å². The van der Waals surface area contributed by atoms with Crippen molar-refractivity contribution >= 4 is 41.1 Å². The summed E-state index contributed by atoms with van der Waals surface area (Å²) in [5.41, 5.74) is 3.64. The summed E-state index contributed by atoms with van der Waals surface area (Å²) in [6.07, 6.45) is 5.01. The van der Waals surface area contributed by atoms with E-state index in [1.165, 1.54) is 0 Å². The molecule has 0 radical (unpaired) electrons. The molecule has 1 amide bonds. The van der Waals surface area contributed by atoms with E-state index in [4.69, 9.17) is 19.4 Å². The topological polar surface area (TPSA) is 91.5 Å². The van der Waals surface area contributed by atoms with Gasteiger partial charge in [0.15, 0.2) is 0 Å². The number of ether oxygens (including phenoxy) is 2. The Balaban J connectivity index is 1.65. The Morgan fingerprint density at radius 2 is 1.88 bits per heavy atom. The van der Waals surface area contributed by atoms with E-state index >= 15 is 0 Å². The van der Waals surface area contributed by atoms with E-state index in [-0.39, 0.29) is 17.6 Å². The summed E-state index contributed by atoms with van der Waals surface area (Å²) in [5, 5.41) is 0. The second kappa shape index (κ2) is 11.8. The minimum Gasteiger partial charge on any atom is -0.444 e. The molecular formula is C29H42BrN5O4Si. The lowest BCUT2D eigenvalue weighted by Crippen LogP contribution is -2.41. The van der Waals surface area contributed by atoms with Gasteiger partial charge < -0.3 is 23.5 Å². The summed E-state index contributed by atoms with van der Waals surface area (Å²) in [6, 6.07) is 2.99. The van der Waals surface area contributed by atoms with Gasteiger partial charge in [0, 0.05) is 58.1 Å². The second-order valence-electron chi connectivity index (χ2n) is 13.0. The minimum atomic E-state index is -1.23. The van der Waals surface area contributed by atoms with Gasteiger partial charge in [0.2, 0.25) is 0 Å². The molecule has 3 aromatic rings. The highest BCUT2D eigenvalue weighted by Crippen LogP contribution is 2.38. The zero-order chi connectivity index (χ0) is 29.4. The Hall–Kier alpha value is -2.50. The highest BCUT2D eigenvalue weighted by molar-refractivity contribution is 9.10. The molecule has 0 unspecified atom stereocenters. The van der Waals surface area contributed by atoms with Gasteiger partial charge in [-0.1, -0.05) is 19.6 Å². The number of likely N-dealkylation sites (tertiary alicyclic amines) is 1. The zero-order valence-electron chi connectivity index (χ0n) is 25.0. The number of aromatic nitrogens is 4. The Morgan fingerprint density at radius 1 is 1.20 bits per heavy atom. The second-order valence-corrected chi connectivity index (χ2v) is 19.4. The molecule has 0 saturated carbocycles. The van der Waals surface area contributed by atoms with Crippen LogP contribution in [0.25, 0.3) is 22.3 Å². The molecule has 40 heavy (non-hydrogen) atoms. The lowest BCUT2D eigenvalue weighted by atomic mass is 9.96. The van der Waals surface area contributed by atoms with Crippen LogP contribution in [0.3, 0.4) is 0 Å². The van der Waals surface area contributed by atoms with Crippen LogP contribution in [-0.4, -0.2) is 63.5 Å². The molecule has 0 bridgehead atoms. The first-order valence-corrected chi connectivity index (χ1v) is 18.4. The van der Waals surface area contributed by atoms with E-state index in [1.54, 1.807) is 16.5 Å². The summed E-state index contributed by atoms with van der Waals surface area (Å²) in [5.74, 6) is 0.923. The van der Waals surface area contributed by atoms with Crippen molar-refractivity contribution in [2.24, 2.45) is 7.05 Å². The smallest absolute Gasteiger partial charge is 0.410 e. The van der Waals surface area contributed by atoms with Crippen molar-refractivity contribution in [1.29, 1.82) is 0 Å². The molecule has 9 nitrogen and oxygen atoms in total. The normalized spacial score (nSPS) is 15.2. The van der Waals surface area contributed by atoms with Gasteiger partial charge in [-0.25, -0.2) is 14.8 Å². The molecule has 0 spiro atoms. The van der Waals surface area contributed by atoms with Gasteiger partial charge in [0.1, 0.15) is 23.7 Å². The van der Waals surface area contributed by atoms with E-state index in [2.05, 4.69) is 40.1 Å². The molecular weight excluding hydrogens is 590 g/mol. The summed E-state index contributed by atoms with van der Waals surface area (Å²) >= 11 is 3.85. The van der Waals surface area contributed by atoms with Crippen molar-refractivity contribution in [3.63, 3.8) is 0 Å². The number of carbonyl (C=O) groups is 1. The van der Waals surface area contributed by atoms with E-state index < -0.39 is 13.7 Å². The Morgan fingerprint density at radius 3 is 2.48 bits per heavy atom. The first-order valence-electron chi connectivity index (χ1n) is 13.9. The molecule has 0 aromatic carbocycles. The largest absolute Gasteiger partial charge is 0.444 e. The summed E-state index contributed by atoms with van der Waals surface area (Å²) in [6.45, 7) is 16.8. The molecule has 4 rings (SSSR count). The number of carbonyl (C=O) groups excluding carboxylic acids is 1. The van der Waals surface area contributed by atoms with Gasteiger partial charge in [0.25, 0.3) is 5.56 Å². The third-order valence-electron chi connectivity index (χ3n) is 7.13. The zero-order valence-corrected chi connectivity index (χ0v) is 27.6. The van der Waals surface area contributed by atoms with Gasteiger partial charge in [-0.15, -0.1) is 0 Å². The van der Waals surface area contributed by atoms with Gasteiger partial charge in [-0.3, -0.25) is 4.79 Å². The quantitative estimate of drug-likeness (QED) is 0.225. The molecule has 0 N–H and O–H groups in total. The third kappa shape index (κ3) is 7.03. The van der Waals surface area contributed by atoms with Crippen LogP contribution in [0.1, 0.15) is 50.9 Å². The number of halogens is 1. The summed E-state index contributed by atoms with van der Waals surface area (Å²) < 4.78 is 16.3. The van der Waals surface area contributed by atoms with Gasteiger partial charge in [-0.05, 0) is 68.6 Å². The molecule has 0 aliphatic carbocycles. The molecule has 1 aliphatic heterocycles. The van der Waals surface area contributed by atoms with Gasteiger partial charge in [-0.2, -0.15) is 0 Å². The molecule has 1 saturated heterocycles. The third-order valence-corrected chi connectivity index (χ3v) is 9.58. The highest BCUT2D eigenvalue weighted by Gasteiger charge is 2.29. The van der Waals surface area contributed by atoms with E-state index in [0.717, 1.165) is 51.5 Å². The number of fused-ring (bicyclic) bond motifs is 1. The predicted molar refractivity (Wildman–Crippen MR) is 165 cm³/mol. The van der Waals surface area contributed by atoms with Crippen LogP contribution < -0.4 is 5.56 Å². The first kappa shape index (κ1) is 30.5. The Bertz CT molecular complexity index is 1420. The fourth-order valence-corrected chi connectivity index (χ4v) is 6.39. The van der Waals surface area contributed by atoms with Crippen molar-refractivity contribution in [2.75, 3.05) is 19.7 Å². The van der Waals surface area contributed by atoms with Crippen LogP contribution >= 0.6 is 15.9 Å². The lowest BCUT2D eigenvalue weighted by molar-refractivity contribution is 0.0203. The number of aryl methyl sites for hydroxylation is 2. The molecule has 0 atom stereocenters. The summed E-state index contributed by atoms with van der Waals surface area (Å²) in [7, 11) is 0.537. The first-order chi connectivity index (χ1) is 18.6. The van der Waals surface area contributed by atoms with Crippen molar-refractivity contribution in [1.82, 2.24) is 24.0 Å². The number of piperidine rings is 1. The maximum absolute atomic E-state index is 12.5. The molecule has 11 heteroatoms. The lowest BCUT2D eigenvalue weighted by Gasteiger charge is -2.32. The average Bonchev–Trinajstić information content (AvgIpc) is 3.14. The average molecular weight is 633 g/mol. The maximum Gasteiger partial charge on any atom is 0.410 e. The number of hydrogen-bond acceptors (Lipinski definition) is 6. The molecule has 1 aliphatic rings. The van der Waals surface area contributed by atoms with E-state index in [9.17, 15) is 9.59 Å². The van der Waals surface area contributed by atoms with Crippen molar-refractivity contribution in [2.45, 2.75) is 84.5 Å². The highest BCUT2D eigenvalue weighted by atomic mass is 79.9. The number of hydrogen-bond donors (Lipinski definition) is 0. The fraction of sp³-hybridized carbons (Fsp3) is 0.586. The van der Waals surface area contributed by atoms with Crippen LogP contribution in [0.5, 0.6) is 0 Å². The monoisotopic (exact) mass is 631 g/mol. The van der Waals surface area contributed by atoms with Crippen LogP contribution in [0.2, 0.25) is 25.7 Å².